The van der Waals surface area contributed by atoms with Crippen molar-refractivity contribution < 1.29 is 14.3 Å². The summed E-state index contributed by atoms with van der Waals surface area (Å²) in [6.45, 7) is 3.12. The van der Waals surface area contributed by atoms with Gasteiger partial charge in [-0.25, -0.2) is 4.39 Å². The van der Waals surface area contributed by atoms with E-state index in [9.17, 15) is 14.3 Å². The highest BCUT2D eigenvalue weighted by molar-refractivity contribution is 14.0. The second-order valence-corrected chi connectivity index (χ2v) is 7.30. The van der Waals surface area contributed by atoms with Crippen molar-refractivity contribution >= 4 is 35.8 Å². The molecule has 28 heavy (non-hydrogen) atoms. The van der Waals surface area contributed by atoms with Gasteiger partial charge in [0.25, 0.3) is 0 Å². The van der Waals surface area contributed by atoms with Gasteiger partial charge < -0.3 is 20.6 Å². The highest BCUT2D eigenvalue weighted by atomic mass is 127. The molecule has 3 N–H and O–H groups in total. The fraction of sp³-hybridized carbons (Fsp3) is 0.600. The minimum atomic E-state index is -0.987. The summed E-state index contributed by atoms with van der Waals surface area (Å²) in [6.07, 6.45) is 2.75. The number of rotatable bonds is 7. The molecule has 0 bridgehead atoms. The molecule has 0 aliphatic heterocycles. The van der Waals surface area contributed by atoms with Crippen LogP contribution in [0.15, 0.2) is 29.3 Å². The smallest absolute Gasteiger partial charge is 0.230 e. The van der Waals surface area contributed by atoms with Gasteiger partial charge in [-0.15, -0.1) is 24.0 Å². The Kier molecular flexibility index (Phi) is 10.2. The maximum absolute atomic E-state index is 13.8. The predicted molar refractivity (Wildman–Crippen MR) is 120 cm³/mol. The molecule has 1 aromatic carbocycles. The first-order chi connectivity index (χ1) is 12.9. The zero-order valence-corrected chi connectivity index (χ0v) is 19.2. The van der Waals surface area contributed by atoms with Crippen LogP contribution in [0, 0.1) is 11.2 Å². The minimum Gasteiger partial charge on any atom is -0.386 e. The summed E-state index contributed by atoms with van der Waals surface area (Å²) in [5.41, 5.74) is -0.202. The van der Waals surface area contributed by atoms with Crippen LogP contribution in [0.25, 0.3) is 0 Å². The molecule has 1 aromatic rings. The van der Waals surface area contributed by atoms with Crippen LogP contribution in [0.5, 0.6) is 0 Å². The molecule has 1 aliphatic rings. The Morgan fingerprint density at radius 1 is 1.29 bits per heavy atom. The van der Waals surface area contributed by atoms with Crippen LogP contribution in [0.1, 0.15) is 44.3 Å². The maximum atomic E-state index is 13.8. The molecule has 1 aliphatic carbocycles. The second kappa shape index (κ2) is 11.5. The van der Waals surface area contributed by atoms with Gasteiger partial charge in [-0.3, -0.25) is 9.79 Å². The Morgan fingerprint density at radius 2 is 1.93 bits per heavy atom. The maximum Gasteiger partial charge on any atom is 0.230 e. The molecule has 1 amide bonds. The molecule has 0 spiro atoms. The van der Waals surface area contributed by atoms with E-state index in [-0.39, 0.29) is 42.0 Å². The molecule has 2 rings (SSSR count). The number of carbonyl (C=O) groups is 1. The van der Waals surface area contributed by atoms with Gasteiger partial charge >= 0.3 is 0 Å². The molecule has 6 nitrogen and oxygen atoms in total. The van der Waals surface area contributed by atoms with Crippen molar-refractivity contribution in [2.75, 3.05) is 33.7 Å². The van der Waals surface area contributed by atoms with Crippen LogP contribution in [0.3, 0.4) is 0 Å². The summed E-state index contributed by atoms with van der Waals surface area (Å²) in [7, 11) is 3.56. The van der Waals surface area contributed by atoms with Crippen LogP contribution in [-0.2, 0) is 4.79 Å². The van der Waals surface area contributed by atoms with E-state index in [0.29, 0.717) is 19.0 Å². The number of guanidine groups is 1. The Labute approximate surface area is 184 Å². The molecule has 1 atom stereocenters. The third-order valence-corrected chi connectivity index (χ3v) is 5.03. The summed E-state index contributed by atoms with van der Waals surface area (Å²) < 4.78 is 13.8. The first-order valence-electron chi connectivity index (χ1n) is 9.56. The lowest BCUT2D eigenvalue weighted by Crippen LogP contribution is -2.43. The molecular weight excluding hydrogens is 474 g/mol. The van der Waals surface area contributed by atoms with Gasteiger partial charge in [-0.05, 0) is 25.8 Å². The standard InChI is InChI=1S/C20H31FN4O2.HI/c1-4-22-19(23-13-17(26)15-9-5-6-10-16(15)21)24-14-20(11-7-8-12-20)18(27)25(2)3;/h5-6,9-10,17,26H,4,7-8,11-14H2,1-3H3,(H2,22,23,24);1H. The third-order valence-electron chi connectivity index (χ3n) is 5.03. The van der Waals surface area contributed by atoms with E-state index >= 15 is 0 Å². The highest BCUT2D eigenvalue weighted by Gasteiger charge is 2.42. The zero-order valence-electron chi connectivity index (χ0n) is 16.9. The number of nitrogens with zero attached hydrogens (tertiary/aromatic N) is 2. The van der Waals surface area contributed by atoms with Gasteiger partial charge in [0.1, 0.15) is 5.82 Å². The lowest BCUT2D eigenvalue weighted by atomic mass is 9.85. The van der Waals surface area contributed by atoms with Crippen LogP contribution in [0.4, 0.5) is 4.39 Å². The van der Waals surface area contributed by atoms with Gasteiger partial charge in [-0.2, -0.15) is 0 Å². The third kappa shape index (κ3) is 6.30. The molecule has 0 saturated heterocycles. The van der Waals surface area contributed by atoms with Crippen molar-refractivity contribution in [2.24, 2.45) is 10.4 Å². The Morgan fingerprint density at radius 3 is 2.50 bits per heavy atom. The van der Waals surface area contributed by atoms with Gasteiger partial charge in [0.15, 0.2) is 5.96 Å². The number of hydrogen-bond acceptors (Lipinski definition) is 3. The number of amides is 1. The van der Waals surface area contributed by atoms with E-state index in [1.165, 1.54) is 6.07 Å². The van der Waals surface area contributed by atoms with Crippen LogP contribution < -0.4 is 10.6 Å². The SMILES string of the molecule is CCNC(=NCC1(C(=O)N(C)C)CCCC1)NCC(O)c1ccccc1F.I. The molecule has 0 aromatic heterocycles. The number of nitrogens with one attached hydrogen (secondary N) is 2. The zero-order chi connectivity index (χ0) is 19.9. The molecule has 0 radical (unpaired) electrons. The Balaban J connectivity index is 0.00000392. The largest absolute Gasteiger partial charge is 0.386 e. The number of carbonyl (C=O) groups excluding carboxylic acids is 1. The quantitative estimate of drug-likeness (QED) is 0.302. The first-order valence-corrected chi connectivity index (χ1v) is 9.56. The van der Waals surface area contributed by atoms with Crippen molar-refractivity contribution in [3.05, 3.63) is 35.6 Å². The van der Waals surface area contributed by atoms with Gasteiger partial charge in [-0.1, -0.05) is 31.0 Å². The predicted octanol–water partition coefficient (Wildman–Crippen LogP) is 2.68. The number of aliphatic hydroxyl groups excluding tert-OH is 1. The first kappa shape index (κ1) is 24.6. The van der Waals surface area contributed by atoms with Gasteiger partial charge in [0.05, 0.1) is 18.1 Å². The highest BCUT2D eigenvalue weighted by Crippen LogP contribution is 2.39. The summed E-state index contributed by atoms with van der Waals surface area (Å²) in [5, 5.41) is 16.4. The average Bonchev–Trinajstić information content (AvgIpc) is 3.13. The fourth-order valence-corrected chi connectivity index (χ4v) is 3.59. The number of hydrogen-bond donors (Lipinski definition) is 3. The topological polar surface area (TPSA) is 77.0 Å². The van der Waals surface area contributed by atoms with Crippen molar-refractivity contribution in [1.29, 1.82) is 0 Å². The van der Waals surface area contributed by atoms with Crippen molar-refractivity contribution in [1.82, 2.24) is 15.5 Å². The van der Waals surface area contributed by atoms with Gasteiger partial charge in [0, 0.05) is 32.7 Å². The van der Waals surface area contributed by atoms with Crippen molar-refractivity contribution in [3.63, 3.8) is 0 Å². The lowest BCUT2D eigenvalue weighted by Gasteiger charge is -2.29. The summed E-state index contributed by atoms with van der Waals surface area (Å²) in [6, 6.07) is 6.18. The molecule has 1 unspecified atom stereocenters. The Bertz CT molecular complexity index is 663. The Hall–Kier alpha value is -1.42. The summed E-state index contributed by atoms with van der Waals surface area (Å²) >= 11 is 0. The monoisotopic (exact) mass is 506 g/mol. The minimum absolute atomic E-state index is 0. The lowest BCUT2D eigenvalue weighted by molar-refractivity contribution is -0.138. The number of aliphatic imine (C=N–C) groups is 1. The molecular formula is C20H32FIN4O2. The second-order valence-electron chi connectivity index (χ2n) is 7.30. The van der Waals surface area contributed by atoms with E-state index in [1.807, 2.05) is 6.92 Å². The summed E-state index contributed by atoms with van der Waals surface area (Å²) in [5.74, 6) is 0.201. The van der Waals surface area contributed by atoms with Crippen LogP contribution in [0.2, 0.25) is 0 Å². The number of benzene rings is 1. The number of halogens is 2. The van der Waals surface area contributed by atoms with E-state index < -0.39 is 17.3 Å². The molecule has 0 heterocycles. The normalized spacial score (nSPS) is 16.8. The molecule has 1 saturated carbocycles. The van der Waals surface area contributed by atoms with E-state index in [1.54, 1.807) is 37.2 Å². The van der Waals surface area contributed by atoms with Gasteiger partial charge in [0.2, 0.25) is 5.91 Å². The van der Waals surface area contributed by atoms with Crippen LogP contribution in [-0.4, -0.2) is 55.6 Å². The van der Waals surface area contributed by atoms with E-state index in [0.717, 1.165) is 25.7 Å². The van der Waals surface area contributed by atoms with Crippen molar-refractivity contribution in [3.8, 4) is 0 Å². The average molecular weight is 506 g/mol. The number of aliphatic hydroxyl groups is 1. The van der Waals surface area contributed by atoms with E-state index in [2.05, 4.69) is 15.6 Å². The van der Waals surface area contributed by atoms with Crippen molar-refractivity contribution in [2.45, 2.75) is 38.7 Å². The van der Waals surface area contributed by atoms with Crippen LogP contribution >= 0.6 is 24.0 Å². The van der Waals surface area contributed by atoms with E-state index in [4.69, 9.17) is 0 Å². The summed E-state index contributed by atoms with van der Waals surface area (Å²) in [4.78, 5) is 18.9. The fourth-order valence-electron chi connectivity index (χ4n) is 3.59. The molecule has 1 fully saturated rings. The molecule has 158 valence electrons. The molecule has 8 heteroatoms.